The number of aliphatic hydroxyl groups excluding tert-OH is 1. The summed E-state index contributed by atoms with van der Waals surface area (Å²) < 4.78 is 5.39. The lowest BCUT2D eigenvalue weighted by Crippen LogP contribution is -2.33. The number of oxazole rings is 1. The van der Waals surface area contributed by atoms with Crippen molar-refractivity contribution >= 4 is 5.91 Å². The summed E-state index contributed by atoms with van der Waals surface area (Å²) in [7, 11) is 0. The Labute approximate surface area is 128 Å². The Morgan fingerprint density at radius 2 is 2.14 bits per heavy atom. The highest BCUT2D eigenvalue weighted by atomic mass is 16.3. The number of nitrogens with zero attached hydrogens (tertiary/aromatic N) is 1. The monoisotopic (exact) mass is 298 g/mol. The maximum absolute atomic E-state index is 12.4. The van der Waals surface area contributed by atoms with E-state index in [1.165, 1.54) is 6.39 Å². The fourth-order valence-corrected chi connectivity index (χ4v) is 2.57. The summed E-state index contributed by atoms with van der Waals surface area (Å²) in [6.07, 6.45) is 5.82. The highest BCUT2D eigenvalue weighted by Crippen LogP contribution is 2.24. The molecule has 0 fully saturated rings. The molecule has 5 heteroatoms. The van der Waals surface area contributed by atoms with Gasteiger partial charge in [-0.15, -0.1) is 0 Å². The number of hydrogen-bond donors (Lipinski definition) is 2. The molecule has 0 spiro atoms. The minimum Gasteiger partial charge on any atom is -0.443 e. The molecule has 1 aliphatic carbocycles. The normalized spacial score (nSPS) is 20.3. The maximum atomic E-state index is 12.4. The fraction of sp³-hybridized carbons (Fsp3) is 0.294. The van der Waals surface area contributed by atoms with Gasteiger partial charge in [0.05, 0.1) is 0 Å². The number of nitrogens with one attached hydrogen (secondary N) is 1. The van der Waals surface area contributed by atoms with E-state index in [0.717, 1.165) is 11.1 Å². The van der Waals surface area contributed by atoms with Crippen LogP contribution < -0.4 is 5.32 Å². The number of hydrogen-bond acceptors (Lipinski definition) is 4. The van der Waals surface area contributed by atoms with Crippen molar-refractivity contribution in [1.29, 1.82) is 0 Å². The Kier molecular flexibility index (Phi) is 4.06. The Balaban J connectivity index is 1.76. The second-order valence-electron chi connectivity index (χ2n) is 5.54. The molecule has 1 heterocycles. The van der Waals surface area contributed by atoms with Crippen LogP contribution in [0.2, 0.25) is 0 Å². The first-order chi connectivity index (χ1) is 10.7. The molecule has 0 radical (unpaired) electrons. The minimum absolute atomic E-state index is 0.0767. The van der Waals surface area contributed by atoms with Crippen molar-refractivity contribution in [3.8, 4) is 11.3 Å². The third-order valence-corrected chi connectivity index (χ3v) is 3.82. The van der Waals surface area contributed by atoms with Crippen LogP contribution in [0.25, 0.3) is 11.3 Å². The molecule has 0 saturated heterocycles. The van der Waals surface area contributed by atoms with E-state index in [9.17, 15) is 4.79 Å². The van der Waals surface area contributed by atoms with Crippen LogP contribution in [0.3, 0.4) is 0 Å². The molecule has 2 aromatic rings. The second kappa shape index (κ2) is 6.15. The number of rotatable bonds is 4. The molecule has 5 nitrogen and oxygen atoms in total. The van der Waals surface area contributed by atoms with Gasteiger partial charge in [-0.05, 0) is 13.3 Å². The van der Waals surface area contributed by atoms with E-state index in [4.69, 9.17) is 9.52 Å². The maximum Gasteiger partial charge on any atom is 0.274 e. The molecule has 3 rings (SSSR count). The van der Waals surface area contributed by atoms with Crippen LogP contribution in [0.4, 0.5) is 0 Å². The summed E-state index contributed by atoms with van der Waals surface area (Å²) in [4.78, 5) is 16.4. The van der Waals surface area contributed by atoms with E-state index >= 15 is 0 Å². The largest absolute Gasteiger partial charge is 0.443 e. The Morgan fingerprint density at radius 1 is 1.36 bits per heavy atom. The summed E-state index contributed by atoms with van der Waals surface area (Å²) in [5.41, 5.74) is 2.24. The van der Waals surface area contributed by atoms with Crippen molar-refractivity contribution in [3.63, 3.8) is 0 Å². The summed E-state index contributed by atoms with van der Waals surface area (Å²) >= 11 is 0. The molecule has 1 amide bonds. The van der Waals surface area contributed by atoms with Crippen molar-refractivity contribution in [2.24, 2.45) is 5.92 Å². The van der Waals surface area contributed by atoms with E-state index in [1.807, 2.05) is 43.3 Å². The number of carbonyl (C=O) groups excluding carboxylic acids is 1. The number of aryl methyl sites for hydroxylation is 1. The standard InChI is InChI=1S/C17H18N2O3/c1-11-2-5-13(6-3-11)16-15(18-10-22-16)17(21)19-14-7-4-12(8-14)9-20/h2-7,10,12,14,20H,8-9H2,1H3,(H,19,21)/t12-,14+/m0/s1. The van der Waals surface area contributed by atoms with Crippen LogP contribution in [-0.4, -0.2) is 28.6 Å². The topological polar surface area (TPSA) is 75.4 Å². The average molecular weight is 298 g/mol. The number of amides is 1. The van der Waals surface area contributed by atoms with Gasteiger partial charge in [0.25, 0.3) is 5.91 Å². The van der Waals surface area contributed by atoms with Gasteiger partial charge >= 0.3 is 0 Å². The molecule has 2 N–H and O–H groups in total. The molecule has 2 atom stereocenters. The number of carbonyl (C=O) groups is 1. The molecular weight excluding hydrogens is 280 g/mol. The predicted molar refractivity (Wildman–Crippen MR) is 82.3 cm³/mol. The molecule has 114 valence electrons. The molecule has 22 heavy (non-hydrogen) atoms. The van der Waals surface area contributed by atoms with Crippen molar-refractivity contribution in [1.82, 2.24) is 10.3 Å². The van der Waals surface area contributed by atoms with Crippen molar-refractivity contribution in [2.45, 2.75) is 19.4 Å². The molecular formula is C17H18N2O3. The lowest BCUT2D eigenvalue weighted by molar-refractivity contribution is 0.0937. The zero-order valence-electron chi connectivity index (χ0n) is 12.3. The third kappa shape index (κ3) is 2.94. The van der Waals surface area contributed by atoms with Crippen molar-refractivity contribution in [2.75, 3.05) is 6.61 Å². The van der Waals surface area contributed by atoms with Crippen LogP contribution in [0.5, 0.6) is 0 Å². The van der Waals surface area contributed by atoms with Gasteiger partial charge in [0.1, 0.15) is 0 Å². The average Bonchev–Trinajstić information content (AvgIpc) is 3.16. The summed E-state index contributed by atoms with van der Waals surface area (Å²) in [5, 5.41) is 12.0. The van der Waals surface area contributed by atoms with Crippen LogP contribution in [0.1, 0.15) is 22.5 Å². The lowest BCUT2D eigenvalue weighted by Gasteiger charge is -2.12. The van der Waals surface area contributed by atoms with Gasteiger partial charge in [-0.3, -0.25) is 4.79 Å². The first-order valence-corrected chi connectivity index (χ1v) is 7.28. The summed E-state index contributed by atoms with van der Waals surface area (Å²) in [6, 6.07) is 7.66. The summed E-state index contributed by atoms with van der Waals surface area (Å²) in [6.45, 7) is 2.10. The summed E-state index contributed by atoms with van der Waals surface area (Å²) in [5.74, 6) is 0.315. The Morgan fingerprint density at radius 3 is 2.82 bits per heavy atom. The molecule has 0 unspecified atom stereocenters. The molecule has 0 aliphatic heterocycles. The second-order valence-corrected chi connectivity index (χ2v) is 5.54. The zero-order valence-corrected chi connectivity index (χ0v) is 12.3. The van der Waals surface area contributed by atoms with Gasteiger partial charge in [0, 0.05) is 24.1 Å². The van der Waals surface area contributed by atoms with E-state index in [2.05, 4.69) is 10.3 Å². The molecule has 0 saturated carbocycles. The molecule has 1 aromatic heterocycles. The minimum atomic E-state index is -0.266. The van der Waals surface area contributed by atoms with Crippen LogP contribution in [0.15, 0.2) is 47.2 Å². The first kappa shape index (κ1) is 14.5. The number of aromatic nitrogens is 1. The molecule has 1 aromatic carbocycles. The molecule has 0 bridgehead atoms. The Bertz CT molecular complexity index is 688. The highest BCUT2D eigenvalue weighted by Gasteiger charge is 2.24. The highest BCUT2D eigenvalue weighted by molar-refractivity contribution is 5.97. The van der Waals surface area contributed by atoms with E-state index in [0.29, 0.717) is 12.2 Å². The number of aliphatic hydroxyl groups is 1. The third-order valence-electron chi connectivity index (χ3n) is 3.82. The van der Waals surface area contributed by atoms with Gasteiger partial charge in [-0.25, -0.2) is 4.98 Å². The van der Waals surface area contributed by atoms with Crippen LogP contribution in [0, 0.1) is 12.8 Å². The number of benzene rings is 1. The van der Waals surface area contributed by atoms with Crippen LogP contribution in [-0.2, 0) is 0 Å². The lowest BCUT2D eigenvalue weighted by atomic mass is 10.1. The van der Waals surface area contributed by atoms with Crippen molar-refractivity contribution in [3.05, 3.63) is 54.1 Å². The van der Waals surface area contributed by atoms with Gasteiger partial charge in [-0.1, -0.05) is 42.0 Å². The quantitative estimate of drug-likeness (QED) is 0.849. The van der Waals surface area contributed by atoms with Gasteiger partial charge in [0.15, 0.2) is 17.8 Å². The van der Waals surface area contributed by atoms with E-state index in [-0.39, 0.29) is 30.2 Å². The van der Waals surface area contributed by atoms with Gasteiger partial charge < -0.3 is 14.8 Å². The van der Waals surface area contributed by atoms with Gasteiger partial charge in [-0.2, -0.15) is 0 Å². The van der Waals surface area contributed by atoms with Crippen molar-refractivity contribution < 1.29 is 14.3 Å². The smallest absolute Gasteiger partial charge is 0.274 e. The Hall–Kier alpha value is -2.40. The SMILES string of the molecule is Cc1ccc(-c2ocnc2C(=O)N[C@@H]2C=C[C@H](CO)C2)cc1. The fourth-order valence-electron chi connectivity index (χ4n) is 2.57. The van der Waals surface area contributed by atoms with E-state index in [1.54, 1.807) is 0 Å². The predicted octanol–water partition coefficient (Wildman–Crippen LogP) is 2.32. The molecule has 1 aliphatic rings. The van der Waals surface area contributed by atoms with Gasteiger partial charge in [0.2, 0.25) is 0 Å². The van der Waals surface area contributed by atoms with E-state index < -0.39 is 0 Å². The zero-order chi connectivity index (χ0) is 15.5. The van der Waals surface area contributed by atoms with Crippen LogP contribution >= 0.6 is 0 Å². The first-order valence-electron chi connectivity index (χ1n) is 7.28.